The number of carbonyl (C=O) groups excluding carboxylic acids is 1. The van der Waals surface area contributed by atoms with E-state index in [2.05, 4.69) is 20.1 Å². The van der Waals surface area contributed by atoms with E-state index in [4.69, 9.17) is 5.73 Å². The van der Waals surface area contributed by atoms with Crippen LogP contribution in [-0.4, -0.2) is 21.7 Å². The molecule has 1 aromatic heterocycles. The maximum Gasteiger partial charge on any atom is 0.272 e. The second kappa shape index (κ2) is 5.17. The fraction of sp³-hybridized carbons (Fsp3) is 0. The Kier molecular flexibility index (Phi) is 3.41. The number of amides is 1. The van der Waals surface area contributed by atoms with Gasteiger partial charge in [0, 0.05) is 11.5 Å². The van der Waals surface area contributed by atoms with Crippen molar-refractivity contribution in [3.63, 3.8) is 0 Å². The molecule has 86 valence electrons. The molecule has 2 aromatic rings. The van der Waals surface area contributed by atoms with E-state index in [0.29, 0.717) is 5.00 Å². The first-order chi connectivity index (χ1) is 8.27. The summed E-state index contributed by atoms with van der Waals surface area (Å²) in [5.41, 5.74) is 8.84. The second-order valence-corrected chi connectivity index (χ2v) is 3.85. The smallest absolute Gasteiger partial charge is 0.272 e. The average molecular weight is 247 g/mol. The topological polar surface area (TPSA) is 93.3 Å². The third-order valence-electron chi connectivity index (χ3n) is 1.90. The van der Waals surface area contributed by atoms with Crippen LogP contribution in [0.4, 0.5) is 5.00 Å². The van der Waals surface area contributed by atoms with Crippen molar-refractivity contribution in [2.24, 2.45) is 10.8 Å². The molecule has 0 atom stereocenters. The highest BCUT2D eigenvalue weighted by Crippen LogP contribution is 2.16. The van der Waals surface area contributed by atoms with Gasteiger partial charge in [-0.25, -0.2) is 0 Å². The van der Waals surface area contributed by atoms with Gasteiger partial charge in [0.05, 0.1) is 6.21 Å². The number of hydrazone groups is 1. The maximum atomic E-state index is 11.0. The quantitative estimate of drug-likeness (QED) is 0.624. The van der Waals surface area contributed by atoms with Gasteiger partial charge in [0.1, 0.15) is 0 Å². The minimum atomic E-state index is -0.629. The van der Waals surface area contributed by atoms with Crippen molar-refractivity contribution in [1.82, 2.24) is 9.59 Å². The second-order valence-electron chi connectivity index (χ2n) is 3.10. The molecule has 1 amide bonds. The summed E-state index contributed by atoms with van der Waals surface area (Å²) in [6, 6.07) is 9.55. The molecule has 0 aliphatic heterocycles. The van der Waals surface area contributed by atoms with E-state index in [9.17, 15) is 4.79 Å². The molecule has 7 heteroatoms. The number of nitrogens with one attached hydrogen (secondary N) is 1. The molecule has 0 saturated heterocycles. The van der Waals surface area contributed by atoms with Crippen LogP contribution in [-0.2, 0) is 0 Å². The van der Waals surface area contributed by atoms with Crippen LogP contribution in [0.25, 0.3) is 0 Å². The SMILES string of the molecule is NC(=O)c1nnsc1N/N=C\c1ccccc1. The molecule has 1 aromatic carbocycles. The Balaban J connectivity index is 2.05. The van der Waals surface area contributed by atoms with Gasteiger partial charge in [-0.15, -0.1) is 5.10 Å². The number of nitrogens with two attached hydrogens (primary N) is 1. The lowest BCUT2D eigenvalue weighted by molar-refractivity contribution is 0.0996. The van der Waals surface area contributed by atoms with Gasteiger partial charge in [-0.1, -0.05) is 34.8 Å². The Morgan fingerprint density at radius 2 is 2.18 bits per heavy atom. The molecule has 2 rings (SSSR count). The first-order valence-corrected chi connectivity index (χ1v) is 5.51. The molecule has 0 radical (unpaired) electrons. The zero-order chi connectivity index (χ0) is 12.1. The number of benzene rings is 1. The highest BCUT2D eigenvalue weighted by atomic mass is 32.1. The molecule has 0 spiro atoms. The zero-order valence-electron chi connectivity index (χ0n) is 8.70. The van der Waals surface area contributed by atoms with Gasteiger partial charge in [-0.3, -0.25) is 10.2 Å². The fourth-order valence-corrected chi connectivity index (χ4v) is 1.66. The zero-order valence-corrected chi connectivity index (χ0v) is 9.52. The first kappa shape index (κ1) is 11.2. The summed E-state index contributed by atoms with van der Waals surface area (Å²) in [5.74, 6) is -0.629. The minimum Gasteiger partial charge on any atom is -0.364 e. The van der Waals surface area contributed by atoms with Crippen LogP contribution in [0.1, 0.15) is 16.1 Å². The van der Waals surface area contributed by atoms with E-state index >= 15 is 0 Å². The van der Waals surface area contributed by atoms with Crippen molar-refractivity contribution in [3.8, 4) is 0 Å². The minimum absolute atomic E-state index is 0.0974. The molecule has 0 aliphatic carbocycles. The molecule has 0 saturated carbocycles. The Bertz CT molecular complexity index is 537. The largest absolute Gasteiger partial charge is 0.364 e. The van der Waals surface area contributed by atoms with Gasteiger partial charge < -0.3 is 5.73 Å². The summed E-state index contributed by atoms with van der Waals surface area (Å²) in [4.78, 5) is 11.0. The van der Waals surface area contributed by atoms with Crippen LogP contribution in [0.2, 0.25) is 0 Å². The van der Waals surface area contributed by atoms with Gasteiger partial charge in [-0.05, 0) is 5.56 Å². The molecule has 0 bridgehead atoms. The normalized spacial score (nSPS) is 10.6. The lowest BCUT2D eigenvalue weighted by atomic mass is 10.2. The molecule has 0 fully saturated rings. The van der Waals surface area contributed by atoms with Crippen LogP contribution in [0.15, 0.2) is 35.4 Å². The maximum absolute atomic E-state index is 11.0. The predicted octanol–water partition coefficient (Wildman–Crippen LogP) is 1.08. The van der Waals surface area contributed by atoms with Gasteiger partial charge in [0.15, 0.2) is 10.7 Å². The van der Waals surface area contributed by atoms with Gasteiger partial charge in [0.25, 0.3) is 5.91 Å². The van der Waals surface area contributed by atoms with Crippen LogP contribution in [0.3, 0.4) is 0 Å². The Labute approximate surface area is 101 Å². The van der Waals surface area contributed by atoms with Crippen molar-refractivity contribution in [2.75, 3.05) is 5.43 Å². The van der Waals surface area contributed by atoms with Crippen molar-refractivity contribution in [2.45, 2.75) is 0 Å². The first-order valence-electron chi connectivity index (χ1n) is 4.73. The van der Waals surface area contributed by atoms with Crippen LogP contribution in [0.5, 0.6) is 0 Å². The standard InChI is InChI=1S/C10H9N5OS/c11-9(16)8-10(17-15-13-8)14-12-6-7-4-2-1-3-5-7/h1-6,14H,(H2,11,16)/b12-6-. The Morgan fingerprint density at radius 1 is 1.41 bits per heavy atom. The van der Waals surface area contributed by atoms with Crippen LogP contribution in [0, 0.1) is 0 Å². The van der Waals surface area contributed by atoms with E-state index in [1.807, 2.05) is 30.3 Å². The lowest BCUT2D eigenvalue weighted by Crippen LogP contribution is -2.13. The van der Waals surface area contributed by atoms with Crippen molar-refractivity contribution < 1.29 is 4.79 Å². The van der Waals surface area contributed by atoms with E-state index in [1.54, 1.807) is 6.21 Å². The molecular formula is C10H9N5OS. The highest BCUT2D eigenvalue weighted by Gasteiger charge is 2.12. The number of aromatic nitrogens is 2. The third kappa shape index (κ3) is 2.85. The molecule has 6 nitrogen and oxygen atoms in total. The van der Waals surface area contributed by atoms with Crippen LogP contribution < -0.4 is 11.2 Å². The summed E-state index contributed by atoms with van der Waals surface area (Å²) in [5, 5.41) is 8.01. The number of anilines is 1. The number of rotatable bonds is 4. The molecular weight excluding hydrogens is 238 g/mol. The summed E-state index contributed by atoms with van der Waals surface area (Å²) in [6.45, 7) is 0. The van der Waals surface area contributed by atoms with E-state index in [0.717, 1.165) is 17.1 Å². The summed E-state index contributed by atoms with van der Waals surface area (Å²) >= 11 is 1.03. The van der Waals surface area contributed by atoms with E-state index < -0.39 is 5.91 Å². The highest BCUT2D eigenvalue weighted by molar-refractivity contribution is 7.10. The average Bonchev–Trinajstić information content (AvgIpc) is 2.79. The van der Waals surface area contributed by atoms with Gasteiger partial charge in [-0.2, -0.15) is 5.10 Å². The summed E-state index contributed by atoms with van der Waals surface area (Å²) in [6.07, 6.45) is 1.63. The number of carbonyl (C=O) groups is 1. The Hall–Kier alpha value is -2.28. The number of nitrogens with zero attached hydrogens (tertiary/aromatic N) is 3. The predicted molar refractivity (Wildman–Crippen MR) is 66.1 cm³/mol. The molecule has 17 heavy (non-hydrogen) atoms. The van der Waals surface area contributed by atoms with Crippen molar-refractivity contribution in [3.05, 3.63) is 41.6 Å². The summed E-state index contributed by atoms with van der Waals surface area (Å²) < 4.78 is 3.62. The number of hydrogen-bond donors (Lipinski definition) is 2. The lowest BCUT2D eigenvalue weighted by Gasteiger charge is -1.95. The molecule has 0 unspecified atom stereocenters. The Morgan fingerprint density at radius 3 is 2.88 bits per heavy atom. The molecule has 1 heterocycles. The summed E-state index contributed by atoms with van der Waals surface area (Å²) in [7, 11) is 0. The monoisotopic (exact) mass is 247 g/mol. The number of primary amides is 1. The molecule has 3 N–H and O–H groups in total. The van der Waals surface area contributed by atoms with E-state index in [1.165, 1.54) is 0 Å². The van der Waals surface area contributed by atoms with Crippen molar-refractivity contribution in [1.29, 1.82) is 0 Å². The molecule has 0 aliphatic rings. The number of hydrogen-bond acceptors (Lipinski definition) is 6. The van der Waals surface area contributed by atoms with E-state index in [-0.39, 0.29) is 5.69 Å². The van der Waals surface area contributed by atoms with Gasteiger partial charge >= 0.3 is 0 Å². The van der Waals surface area contributed by atoms with Crippen LogP contribution >= 0.6 is 11.5 Å². The van der Waals surface area contributed by atoms with Crippen molar-refractivity contribution >= 4 is 28.7 Å². The fourth-order valence-electron chi connectivity index (χ4n) is 1.13. The third-order valence-corrected chi connectivity index (χ3v) is 2.53. The van der Waals surface area contributed by atoms with Gasteiger partial charge in [0.2, 0.25) is 0 Å².